The van der Waals surface area contributed by atoms with Crippen LogP contribution in [-0.4, -0.2) is 16.8 Å². The highest BCUT2D eigenvalue weighted by molar-refractivity contribution is 5.99. The molecule has 0 aliphatic rings. The van der Waals surface area contributed by atoms with Crippen molar-refractivity contribution < 1.29 is 9.18 Å². The summed E-state index contributed by atoms with van der Waals surface area (Å²) in [6, 6.07) is 13.7. The van der Waals surface area contributed by atoms with Crippen molar-refractivity contribution in [3.8, 4) is 0 Å². The van der Waals surface area contributed by atoms with Crippen LogP contribution in [0.1, 0.15) is 11.1 Å². The molecule has 1 heterocycles. The van der Waals surface area contributed by atoms with Gasteiger partial charge < -0.3 is 10.3 Å². The zero-order valence-corrected chi connectivity index (χ0v) is 12.2. The minimum absolute atomic E-state index is 0.240. The van der Waals surface area contributed by atoms with Crippen LogP contribution in [0.2, 0.25) is 0 Å². The monoisotopic (exact) mass is 310 g/mol. The van der Waals surface area contributed by atoms with E-state index in [9.17, 15) is 9.18 Å². The topological polar surface area (TPSA) is 72.4 Å². The first-order valence-corrected chi connectivity index (χ1v) is 7.05. The Balaban J connectivity index is 1.99. The molecule has 0 saturated heterocycles. The number of rotatable bonds is 4. The molecule has 0 unspecified atom stereocenters. The third-order valence-electron chi connectivity index (χ3n) is 3.50. The molecule has 3 rings (SSSR count). The maximum atomic E-state index is 13.9. The van der Waals surface area contributed by atoms with E-state index in [1.807, 2.05) is 41.1 Å². The number of carbonyl (C=O) groups excluding carboxylic acids is 1. The number of fused-ring (bicyclic) bond motifs is 1. The van der Waals surface area contributed by atoms with Gasteiger partial charge in [-0.1, -0.05) is 36.4 Å². The lowest BCUT2D eigenvalue weighted by Gasteiger charge is -2.06. The SMILES string of the molecule is NC(=O)N/N=C/c1cn(Cc2ccccc2F)c2ccccc12. The Hall–Kier alpha value is -3.15. The summed E-state index contributed by atoms with van der Waals surface area (Å²) in [5.41, 5.74) is 9.52. The van der Waals surface area contributed by atoms with Crippen molar-refractivity contribution in [1.82, 2.24) is 9.99 Å². The number of nitrogens with two attached hydrogens (primary N) is 1. The molecule has 5 nitrogen and oxygen atoms in total. The standard InChI is InChI=1S/C17H15FN4O/c18-15-7-3-1-5-12(15)10-22-11-13(9-20-21-17(19)23)14-6-2-4-8-16(14)22/h1-9,11H,10H2,(H3,19,21,23)/b20-9+. The second-order valence-electron chi connectivity index (χ2n) is 5.06. The number of primary amides is 1. The van der Waals surface area contributed by atoms with Crippen LogP contribution >= 0.6 is 0 Å². The number of halogens is 1. The molecule has 0 saturated carbocycles. The van der Waals surface area contributed by atoms with Gasteiger partial charge in [0, 0.05) is 28.2 Å². The molecule has 3 aromatic rings. The Morgan fingerprint density at radius 3 is 2.74 bits per heavy atom. The summed E-state index contributed by atoms with van der Waals surface area (Å²) in [7, 11) is 0. The van der Waals surface area contributed by atoms with Crippen molar-refractivity contribution in [1.29, 1.82) is 0 Å². The normalized spacial score (nSPS) is 11.2. The van der Waals surface area contributed by atoms with E-state index in [-0.39, 0.29) is 5.82 Å². The number of urea groups is 1. The first-order valence-electron chi connectivity index (χ1n) is 7.05. The zero-order valence-electron chi connectivity index (χ0n) is 12.2. The Bertz CT molecular complexity index is 885. The second kappa shape index (κ2) is 6.31. The van der Waals surface area contributed by atoms with Crippen LogP contribution in [0.5, 0.6) is 0 Å². The summed E-state index contributed by atoms with van der Waals surface area (Å²) in [4.78, 5) is 10.7. The fourth-order valence-electron chi connectivity index (χ4n) is 2.48. The third kappa shape index (κ3) is 3.21. The zero-order chi connectivity index (χ0) is 16.2. The number of para-hydroxylation sites is 1. The molecule has 0 spiro atoms. The number of hydrogen-bond donors (Lipinski definition) is 2. The van der Waals surface area contributed by atoms with Crippen LogP contribution in [0, 0.1) is 5.82 Å². The highest BCUT2D eigenvalue weighted by Gasteiger charge is 2.09. The highest BCUT2D eigenvalue weighted by atomic mass is 19.1. The molecule has 0 bridgehead atoms. The lowest BCUT2D eigenvalue weighted by Crippen LogP contribution is -2.24. The van der Waals surface area contributed by atoms with Gasteiger partial charge in [0.2, 0.25) is 0 Å². The Kier molecular flexibility index (Phi) is 4.05. The number of aromatic nitrogens is 1. The lowest BCUT2D eigenvalue weighted by atomic mass is 10.2. The van der Waals surface area contributed by atoms with Gasteiger partial charge in [-0.25, -0.2) is 14.6 Å². The molecule has 1 aromatic heterocycles. The molecule has 2 aromatic carbocycles. The van der Waals surface area contributed by atoms with Gasteiger partial charge in [0.05, 0.1) is 12.8 Å². The van der Waals surface area contributed by atoms with Crippen molar-refractivity contribution in [2.45, 2.75) is 6.54 Å². The molecule has 0 atom stereocenters. The summed E-state index contributed by atoms with van der Waals surface area (Å²) in [5.74, 6) is -0.240. The predicted octanol–water partition coefficient (Wildman–Crippen LogP) is 2.83. The van der Waals surface area contributed by atoms with E-state index in [0.29, 0.717) is 12.1 Å². The first-order chi connectivity index (χ1) is 11.1. The van der Waals surface area contributed by atoms with E-state index >= 15 is 0 Å². The summed E-state index contributed by atoms with van der Waals surface area (Å²) in [5, 5.41) is 4.75. The molecule has 6 heteroatoms. The van der Waals surface area contributed by atoms with E-state index in [0.717, 1.165) is 16.5 Å². The molecule has 0 radical (unpaired) electrons. The van der Waals surface area contributed by atoms with E-state index < -0.39 is 6.03 Å². The van der Waals surface area contributed by atoms with Crippen LogP contribution in [0.3, 0.4) is 0 Å². The molecule has 3 N–H and O–H groups in total. The molecule has 23 heavy (non-hydrogen) atoms. The molecule has 0 fully saturated rings. The summed E-state index contributed by atoms with van der Waals surface area (Å²) >= 11 is 0. The minimum atomic E-state index is -0.726. The van der Waals surface area contributed by atoms with E-state index in [1.54, 1.807) is 12.1 Å². The van der Waals surface area contributed by atoms with E-state index in [4.69, 9.17) is 5.73 Å². The quantitative estimate of drug-likeness (QED) is 0.564. The Morgan fingerprint density at radius 1 is 1.22 bits per heavy atom. The average molecular weight is 310 g/mol. The van der Waals surface area contributed by atoms with Crippen molar-refractivity contribution in [3.63, 3.8) is 0 Å². The highest BCUT2D eigenvalue weighted by Crippen LogP contribution is 2.21. The van der Waals surface area contributed by atoms with Crippen molar-refractivity contribution in [2.75, 3.05) is 0 Å². The molecular weight excluding hydrogens is 295 g/mol. The fraction of sp³-hybridized carbons (Fsp3) is 0.0588. The van der Waals surface area contributed by atoms with Crippen molar-refractivity contribution >= 4 is 23.1 Å². The summed E-state index contributed by atoms with van der Waals surface area (Å²) in [6.45, 7) is 0.407. The number of amides is 2. The number of hydrogen-bond acceptors (Lipinski definition) is 2. The summed E-state index contributed by atoms with van der Waals surface area (Å²) < 4.78 is 15.8. The van der Waals surface area contributed by atoms with Crippen molar-refractivity contribution in [3.05, 3.63) is 71.7 Å². The molecule has 0 aliphatic heterocycles. The number of benzene rings is 2. The van der Waals surface area contributed by atoms with Gasteiger partial charge in [-0.05, 0) is 12.1 Å². The number of nitrogens with zero attached hydrogens (tertiary/aromatic N) is 2. The minimum Gasteiger partial charge on any atom is -0.350 e. The lowest BCUT2D eigenvalue weighted by molar-refractivity contribution is 0.249. The average Bonchev–Trinajstić information content (AvgIpc) is 2.88. The molecule has 2 amide bonds. The number of carbonyl (C=O) groups is 1. The van der Waals surface area contributed by atoms with E-state index in [1.165, 1.54) is 12.3 Å². The predicted molar refractivity (Wildman–Crippen MR) is 87.8 cm³/mol. The van der Waals surface area contributed by atoms with Gasteiger partial charge in [-0.15, -0.1) is 0 Å². The maximum absolute atomic E-state index is 13.9. The number of nitrogens with one attached hydrogen (secondary N) is 1. The van der Waals surface area contributed by atoms with Crippen molar-refractivity contribution in [2.24, 2.45) is 10.8 Å². The summed E-state index contributed by atoms with van der Waals surface area (Å²) in [6.07, 6.45) is 3.38. The van der Waals surface area contributed by atoms with Gasteiger partial charge in [0.15, 0.2) is 0 Å². The Morgan fingerprint density at radius 2 is 1.96 bits per heavy atom. The Labute approximate surface area is 132 Å². The number of hydrazone groups is 1. The first kappa shape index (κ1) is 14.8. The van der Waals surface area contributed by atoms with Crippen LogP contribution in [0.25, 0.3) is 10.9 Å². The van der Waals surface area contributed by atoms with Gasteiger partial charge >= 0.3 is 6.03 Å². The van der Waals surface area contributed by atoms with Crippen LogP contribution < -0.4 is 11.2 Å². The molecular formula is C17H15FN4O. The van der Waals surface area contributed by atoms with Gasteiger partial charge in [0.25, 0.3) is 0 Å². The van der Waals surface area contributed by atoms with E-state index in [2.05, 4.69) is 10.5 Å². The van der Waals surface area contributed by atoms with Gasteiger partial charge in [0.1, 0.15) is 5.82 Å². The maximum Gasteiger partial charge on any atom is 0.332 e. The van der Waals surface area contributed by atoms with Crippen LogP contribution in [0.15, 0.2) is 59.8 Å². The van der Waals surface area contributed by atoms with Crippen LogP contribution in [-0.2, 0) is 6.54 Å². The second-order valence-corrected chi connectivity index (χ2v) is 5.06. The fourth-order valence-corrected chi connectivity index (χ4v) is 2.48. The molecule has 116 valence electrons. The smallest absolute Gasteiger partial charge is 0.332 e. The van der Waals surface area contributed by atoms with Crippen LogP contribution in [0.4, 0.5) is 9.18 Å². The van der Waals surface area contributed by atoms with Gasteiger partial charge in [-0.3, -0.25) is 0 Å². The van der Waals surface area contributed by atoms with Gasteiger partial charge in [-0.2, -0.15) is 5.10 Å². The molecule has 0 aliphatic carbocycles. The third-order valence-corrected chi connectivity index (χ3v) is 3.50. The largest absolute Gasteiger partial charge is 0.350 e.